The minimum atomic E-state index is -0.653. The van der Waals surface area contributed by atoms with E-state index in [4.69, 9.17) is 10.7 Å². The summed E-state index contributed by atoms with van der Waals surface area (Å²) in [6, 6.07) is 16.1. The number of nitrogens with two attached hydrogens (primary N) is 1. The van der Waals surface area contributed by atoms with Crippen LogP contribution in [0.25, 0.3) is 0 Å². The van der Waals surface area contributed by atoms with E-state index in [1.165, 1.54) is 11.1 Å². The molecule has 4 fully saturated rings. The van der Waals surface area contributed by atoms with Crippen LogP contribution >= 0.6 is 0 Å². The van der Waals surface area contributed by atoms with Crippen LogP contribution in [0.15, 0.2) is 54.7 Å². The van der Waals surface area contributed by atoms with Crippen LogP contribution < -0.4 is 26.2 Å². The van der Waals surface area contributed by atoms with Gasteiger partial charge >= 0.3 is 12.1 Å². The van der Waals surface area contributed by atoms with Gasteiger partial charge in [-0.1, -0.05) is 24.3 Å². The fourth-order valence-electron chi connectivity index (χ4n) is 7.47. The van der Waals surface area contributed by atoms with Gasteiger partial charge in [0.25, 0.3) is 5.91 Å². The molecule has 4 N–H and O–H groups in total. The van der Waals surface area contributed by atoms with Gasteiger partial charge in [0.2, 0.25) is 5.91 Å². The molecule has 0 bridgehead atoms. The molecule has 5 heterocycles. The lowest BCUT2D eigenvalue weighted by molar-refractivity contribution is -0.120. The highest BCUT2D eigenvalue weighted by atomic mass is 16.2. The van der Waals surface area contributed by atoms with E-state index in [0.29, 0.717) is 37.1 Å². The summed E-state index contributed by atoms with van der Waals surface area (Å²) in [5.41, 5.74) is 9.81. The Bertz CT molecular complexity index is 1740. The molecule has 262 valence electrons. The predicted molar refractivity (Wildman–Crippen MR) is 189 cm³/mol. The third-order valence-electron chi connectivity index (χ3n) is 10.3. The van der Waals surface area contributed by atoms with Crippen LogP contribution in [-0.2, 0) is 11.3 Å². The number of hydrogen-bond acceptors (Lipinski definition) is 9. The molecule has 0 unspecified atom stereocenters. The lowest BCUT2D eigenvalue weighted by atomic mass is 9.89. The number of benzene rings is 2. The van der Waals surface area contributed by atoms with Gasteiger partial charge in [0, 0.05) is 64.1 Å². The maximum absolute atomic E-state index is 12.6. The average Bonchev–Trinajstić information content (AvgIpc) is 3.46. The van der Waals surface area contributed by atoms with Crippen molar-refractivity contribution in [1.29, 1.82) is 0 Å². The first-order valence-corrected chi connectivity index (χ1v) is 17.4. The quantitative estimate of drug-likeness (QED) is 0.308. The summed E-state index contributed by atoms with van der Waals surface area (Å²) in [6.07, 6.45) is 5.86. The molecular formula is C36H44N10O4. The molecule has 1 aromatic heterocycles. The molecule has 50 heavy (non-hydrogen) atoms. The van der Waals surface area contributed by atoms with Gasteiger partial charge in [-0.3, -0.25) is 24.7 Å². The lowest BCUT2D eigenvalue weighted by Crippen LogP contribution is -2.49. The number of primary amides is 1. The van der Waals surface area contributed by atoms with Crippen molar-refractivity contribution in [3.63, 3.8) is 0 Å². The van der Waals surface area contributed by atoms with Crippen LogP contribution in [-0.4, -0.2) is 107 Å². The highest BCUT2D eigenvalue weighted by Crippen LogP contribution is 2.31. The lowest BCUT2D eigenvalue weighted by Gasteiger charge is -2.37. The van der Waals surface area contributed by atoms with Crippen LogP contribution in [0.5, 0.6) is 0 Å². The monoisotopic (exact) mass is 680 g/mol. The van der Waals surface area contributed by atoms with E-state index in [0.717, 1.165) is 76.3 Å². The van der Waals surface area contributed by atoms with Crippen molar-refractivity contribution < 1.29 is 19.2 Å². The number of carbonyl (C=O) groups is 4. The Balaban J connectivity index is 0.942. The first-order chi connectivity index (χ1) is 24.2. The van der Waals surface area contributed by atoms with E-state index in [1.54, 1.807) is 16.0 Å². The maximum atomic E-state index is 12.6. The van der Waals surface area contributed by atoms with Crippen LogP contribution in [0.4, 0.5) is 32.6 Å². The summed E-state index contributed by atoms with van der Waals surface area (Å²) in [4.78, 5) is 67.6. The molecular weight excluding hydrogens is 636 g/mol. The van der Waals surface area contributed by atoms with Gasteiger partial charge in [-0.05, 0) is 80.1 Å². The first-order valence-electron chi connectivity index (χ1n) is 17.4. The second-order valence-corrected chi connectivity index (χ2v) is 13.6. The van der Waals surface area contributed by atoms with Gasteiger partial charge in [-0.15, -0.1) is 0 Å². The van der Waals surface area contributed by atoms with Gasteiger partial charge in [-0.25, -0.2) is 19.6 Å². The Labute approximate surface area is 291 Å². The highest BCUT2D eigenvalue weighted by Gasteiger charge is 2.35. The number of anilines is 4. The third-order valence-corrected chi connectivity index (χ3v) is 10.3. The normalized spacial score (nSPS) is 20.7. The molecule has 0 saturated carbocycles. The van der Waals surface area contributed by atoms with Crippen molar-refractivity contribution in [2.24, 2.45) is 5.73 Å². The Kier molecular flexibility index (Phi) is 9.52. The number of rotatable bonds is 9. The van der Waals surface area contributed by atoms with Crippen LogP contribution in [0.3, 0.4) is 0 Å². The molecule has 6 amide bonds. The number of urea groups is 2. The van der Waals surface area contributed by atoms with Gasteiger partial charge in [0.15, 0.2) is 11.5 Å². The second-order valence-electron chi connectivity index (χ2n) is 13.6. The molecule has 4 saturated heterocycles. The number of nitrogens with zero attached hydrogens (tertiary/aromatic N) is 7. The molecule has 14 nitrogen and oxygen atoms in total. The van der Waals surface area contributed by atoms with Gasteiger partial charge in [0.05, 0.1) is 12.2 Å². The maximum Gasteiger partial charge on any atom is 0.328 e. The SMILES string of the molecule is CN1CCN([C@@H]2CCCN(c3cnc(C(N)=O)c(Nc4ccc(C5CCN(Cc6ccc(N7CCC(=O)NC7=O)cc6)CC5)cc4)n3)C2)C1=O. The van der Waals surface area contributed by atoms with Crippen molar-refractivity contribution in [3.8, 4) is 0 Å². The zero-order valence-electron chi connectivity index (χ0n) is 28.4. The number of aromatic nitrogens is 2. The minimum absolute atomic E-state index is 0.0673. The van der Waals surface area contributed by atoms with Crippen molar-refractivity contribution in [2.75, 3.05) is 68.0 Å². The molecule has 14 heteroatoms. The number of nitrogens with one attached hydrogen (secondary N) is 2. The van der Waals surface area contributed by atoms with Gasteiger partial charge in [0.1, 0.15) is 5.82 Å². The fourth-order valence-corrected chi connectivity index (χ4v) is 7.47. The molecule has 3 aromatic rings. The van der Waals surface area contributed by atoms with Gasteiger partial charge in [-0.2, -0.15) is 0 Å². The van der Waals surface area contributed by atoms with Crippen molar-refractivity contribution in [1.82, 2.24) is 30.0 Å². The standard InChI is InChI=1S/C36H44N10O4/c1-42-19-20-46(36(42)50)29-3-2-15-44(23-29)30-21-38-32(33(37)48)34(40-30)39-27-8-6-25(7-9-27)26-12-16-43(17-13-26)22-24-4-10-28(11-5-24)45-18-14-31(47)41-35(45)49/h4-11,21,26,29H,2-3,12-20,22-23H2,1H3,(H2,37,48)(H,39,40)(H,41,47,49)/t29-/m1/s1. The Morgan fingerprint density at radius 3 is 2.38 bits per heavy atom. The first kappa shape index (κ1) is 33.3. The molecule has 4 aliphatic heterocycles. The molecule has 4 aliphatic rings. The minimum Gasteiger partial charge on any atom is -0.364 e. The number of carbonyl (C=O) groups excluding carboxylic acids is 4. The van der Waals surface area contributed by atoms with E-state index in [9.17, 15) is 19.2 Å². The molecule has 7 rings (SSSR count). The number of piperidine rings is 2. The average molecular weight is 681 g/mol. The summed E-state index contributed by atoms with van der Waals surface area (Å²) in [5.74, 6) is 0.524. The smallest absolute Gasteiger partial charge is 0.328 e. The van der Waals surface area contributed by atoms with Crippen LogP contribution in [0.1, 0.15) is 59.6 Å². The van der Waals surface area contributed by atoms with E-state index < -0.39 is 5.91 Å². The number of likely N-dealkylation sites (tertiary alicyclic amines) is 1. The summed E-state index contributed by atoms with van der Waals surface area (Å²) >= 11 is 0. The zero-order valence-corrected chi connectivity index (χ0v) is 28.4. The van der Waals surface area contributed by atoms with Crippen molar-refractivity contribution in [3.05, 3.63) is 71.5 Å². The molecule has 1 atom stereocenters. The molecule has 2 aromatic carbocycles. The second kappa shape index (κ2) is 14.3. The topological polar surface area (TPSA) is 160 Å². The molecule has 0 aliphatic carbocycles. The van der Waals surface area contributed by atoms with E-state index in [1.807, 2.05) is 36.2 Å². The summed E-state index contributed by atoms with van der Waals surface area (Å²) in [7, 11) is 1.83. The Hall–Kier alpha value is -5.24. The third kappa shape index (κ3) is 7.20. The van der Waals surface area contributed by atoms with Crippen molar-refractivity contribution >= 4 is 46.9 Å². The predicted octanol–water partition coefficient (Wildman–Crippen LogP) is 3.48. The zero-order chi connectivity index (χ0) is 34.8. The van der Waals surface area contributed by atoms with E-state index in [-0.39, 0.29) is 29.7 Å². The Morgan fingerprint density at radius 1 is 0.940 bits per heavy atom. The molecule has 0 radical (unpaired) electrons. The molecule has 0 spiro atoms. The Morgan fingerprint density at radius 2 is 1.70 bits per heavy atom. The number of amides is 6. The van der Waals surface area contributed by atoms with E-state index >= 15 is 0 Å². The van der Waals surface area contributed by atoms with Crippen LogP contribution in [0, 0.1) is 0 Å². The summed E-state index contributed by atoms with van der Waals surface area (Å²) in [6.45, 7) is 6.11. The van der Waals surface area contributed by atoms with Crippen molar-refractivity contribution in [2.45, 2.75) is 50.6 Å². The largest absolute Gasteiger partial charge is 0.364 e. The van der Waals surface area contributed by atoms with Crippen LogP contribution in [0.2, 0.25) is 0 Å². The summed E-state index contributed by atoms with van der Waals surface area (Å²) in [5, 5.41) is 5.66. The van der Waals surface area contributed by atoms with Gasteiger partial charge < -0.3 is 25.8 Å². The fraction of sp³-hybridized carbons (Fsp3) is 0.444. The number of likely N-dealkylation sites (N-methyl/N-ethyl adjacent to an activating group) is 1. The highest BCUT2D eigenvalue weighted by molar-refractivity contribution is 6.05. The summed E-state index contributed by atoms with van der Waals surface area (Å²) < 4.78 is 0. The number of hydrogen-bond donors (Lipinski definition) is 3. The van der Waals surface area contributed by atoms with E-state index in [2.05, 4.69) is 49.7 Å². The number of imide groups is 1.